The van der Waals surface area contributed by atoms with Crippen LogP contribution in [0.3, 0.4) is 0 Å². The Labute approximate surface area is 203 Å². The highest BCUT2D eigenvalue weighted by molar-refractivity contribution is 7.15. The van der Waals surface area contributed by atoms with Crippen LogP contribution in [0, 0.1) is 21.4 Å². The SMILES string of the molecule is COc1ccc(-c2ccc(C=C(C#N)C(=O)Nc3nnc(Cc4ccccc4)s3)o2)c([N+](=O)[O-])c1. The van der Waals surface area contributed by atoms with Gasteiger partial charge in [-0.2, -0.15) is 5.26 Å². The van der Waals surface area contributed by atoms with E-state index in [-0.39, 0.29) is 33.5 Å². The first kappa shape index (κ1) is 23.3. The molecule has 11 heteroatoms. The topological polar surface area (TPSA) is 144 Å². The Bertz CT molecular complexity index is 1450. The van der Waals surface area contributed by atoms with Crippen LogP contribution >= 0.6 is 11.3 Å². The van der Waals surface area contributed by atoms with Crippen molar-refractivity contribution in [2.24, 2.45) is 0 Å². The van der Waals surface area contributed by atoms with Gasteiger partial charge in [-0.15, -0.1) is 10.2 Å². The molecule has 0 aliphatic carbocycles. The number of amides is 1. The number of nitrogens with zero attached hydrogens (tertiary/aromatic N) is 4. The summed E-state index contributed by atoms with van der Waals surface area (Å²) in [7, 11) is 1.41. The maximum atomic E-state index is 12.6. The van der Waals surface area contributed by atoms with E-state index >= 15 is 0 Å². The fourth-order valence-corrected chi connectivity index (χ4v) is 3.94. The fourth-order valence-electron chi connectivity index (χ4n) is 3.17. The molecule has 35 heavy (non-hydrogen) atoms. The number of aromatic nitrogens is 2. The number of nitrogens with one attached hydrogen (secondary N) is 1. The molecule has 1 amide bonds. The van der Waals surface area contributed by atoms with Gasteiger partial charge >= 0.3 is 0 Å². The molecule has 2 heterocycles. The largest absolute Gasteiger partial charge is 0.497 e. The lowest BCUT2D eigenvalue weighted by molar-refractivity contribution is -0.384. The molecular formula is C24H17N5O5S. The van der Waals surface area contributed by atoms with Gasteiger partial charge in [0.1, 0.15) is 33.9 Å². The standard InChI is InChI=1S/C24H17N5O5S/c1-33-17-7-9-19(20(13-17)29(31)32)21-10-8-18(34-21)12-16(14-25)23(30)26-24-28-27-22(35-24)11-15-5-3-2-4-6-15/h2-10,12-13H,11H2,1H3,(H,26,28,30). The van der Waals surface area contributed by atoms with Crippen LogP contribution in [0.15, 0.2) is 70.7 Å². The predicted octanol–water partition coefficient (Wildman–Crippen LogP) is 4.85. The number of furan rings is 1. The molecule has 174 valence electrons. The zero-order valence-electron chi connectivity index (χ0n) is 18.3. The molecule has 0 fully saturated rings. The van der Waals surface area contributed by atoms with Crippen LogP contribution in [0.1, 0.15) is 16.3 Å². The van der Waals surface area contributed by atoms with E-state index in [1.54, 1.807) is 6.07 Å². The molecule has 0 saturated carbocycles. The van der Waals surface area contributed by atoms with Gasteiger partial charge in [-0.1, -0.05) is 41.7 Å². The highest BCUT2D eigenvalue weighted by Gasteiger charge is 2.20. The van der Waals surface area contributed by atoms with E-state index in [2.05, 4.69) is 15.5 Å². The quantitative estimate of drug-likeness (QED) is 0.161. The molecule has 0 spiro atoms. The van der Waals surface area contributed by atoms with Gasteiger partial charge in [0.25, 0.3) is 11.6 Å². The summed E-state index contributed by atoms with van der Waals surface area (Å²) in [6.07, 6.45) is 1.82. The van der Waals surface area contributed by atoms with Gasteiger partial charge in [-0.05, 0) is 29.8 Å². The van der Waals surface area contributed by atoms with Crippen molar-refractivity contribution in [2.45, 2.75) is 6.42 Å². The van der Waals surface area contributed by atoms with Crippen molar-refractivity contribution in [2.75, 3.05) is 12.4 Å². The number of carbonyl (C=O) groups excluding carboxylic acids is 1. The average molecular weight is 487 g/mol. The summed E-state index contributed by atoms with van der Waals surface area (Å²) in [4.78, 5) is 23.5. The third-order valence-electron chi connectivity index (χ3n) is 4.83. The molecule has 0 aliphatic heterocycles. The molecule has 10 nitrogen and oxygen atoms in total. The van der Waals surface area contributed by atoms with E-state index in [1.165, 1.54) is 48.8 Å². The predicted molar refractivity (Wildman–Crippen MR) is 129 cm³/mol. The number of nitro benzene ring substituents is 1. The minimum Gasteiger partial charge on any atom is -0.497 e. The maximum absolute atomic E-state index is 12.6. The Hall–Kier alpha value is -4.82. The number of benzene rings is 2. The van der Waals surface area contributed by atoms with Gasteiger partial charge in [0.05, 0.1) is 23.7 Å². The van der Waals surface area contributed by atoms with Gasteiger partial charge in [0, 0.05) is 12.5 Å². The van der Waals surface area contributed by atoms with Crippen LogP contribution in [0.2, 0.25) is 0 Å². The average Bonchev–Trinajstić information content (AvgIpc) is 3.52. The summed E-state index contributed by atoms with van der Waals surface area (Å²) < 4.78 is 10.7. The zero-order valence-corrected chi connectivity index (χ0v) is 19.1. The van der Waals surface area contributed by atoms with Crippen molar-refractivity contribution in [3.05, 3.63) is 92.7 Å². The minimum absolute atomic E-state index is 0.179. The molecule has 1 N–H and O–H groups in total. The van der Waals surface area contributed by atoms with E-state index in [1.807, 2.05) is 36.4 Å². The third kappa shape index (κ3) is 5.58. The van der Waals surface area contributed by atoms with Crippen molar-refractivity contribution in [3.8, 4) is 23.1 Å². The summed E-state index contributed by atoms with van der Waals surface area (Å²) >= 11 is 1.21. The Kier molecular flexibility index (Phi) is 6.94. The molecular weight excluding hydrogens is 470 g/mol. The van der Waals surface area contributed by atoms with Gasteiger partial charge in [0.2, 0.25) is 5.13 Å². The van der Waals surface area contributed by atoms with E-state index in [0.29, 0.717) is 17.2 Å². The molecule has 4 aromatic rings. The molecule has 2 aromatic heterocycles. The lowest BCUT2D eigenvalue weighted by Crippen LogP contribution is -2.13. The Morgan fingerprint density at radius 1 is 1.23 bits per heavy atom. The third-order valence-corrected chi connectivity index (χ3v) is 5.67. The fraction of sp³-hybridized carbons (Fsp3) is 0.0833. The van der Waals surface area contributed by atoms with Gasteiger partial charge in [-0.25, -0.2) is 0 Å². The summed E-state index contributed by atoms with van der Waals surface area (Å²) in [5.41, 5.74) is 0.869. The van der Waals surface area contributed by atoms with Crippen LogP contribution in [0.5, 0.6) is 5.75 Å². The number of anilines is 1. The van der Waals surface area contributed by atoms with Gasteiger partial charge in [-0.3, -0.25) is 20.2 Å². The van der Waals surface area contributed by atoms with Crippen molar-refractivity contribution in [1.29, 1.82) is 5.26 Å². The number of hydrogen-bond donors (Lipinski definition) is 1. The van der Waals surface area contributed by atoms with Crippen LogP contribution < -0.4 is 10.1 Å². The molecule has 0 bridgehead atoms. The van der Waals surface area contributed by atoms with E-state index in [4.69, 9.17) is 9.15 Å². The normalized spacial score (nSPS) is 11.0. The number of ether oxygens (including phenoxy) is 1. The lowest BCUT2D eigenvalue weighted by atomic mass is 10.1. The molecule has 0 aliphatic rings. The highest BCUT2D eigenvalue weighted by Crippen LogP contribution is 2.34. The Morgan fingerprint density at radius 3 is 2.74 bits per heavy atom. The van der Waals surface area contributed by atoms with Crippen molar-refractivity contribution in [1.82, 2.24) is 10.2 Å². The number of carbonyl (C=O) groups is 1. The summed E-state index contributed by atoms with van der Waals surface area (Å²) in [6, 6.07) is 18.9. The minimum atomic E-state index is -0.678. The van der Waals surface area contributed by atoms with E-state index in [9.17, 15) is 20.2 Å². The lowest BCUT2D eigenvalue weighted by Gasteiger charge is -2.03. The number of nitro groups is 1. The number of hydrogen-bond acceptors (Lipinski definition) is 9. The van der Waals surface area contributed by atoms with Crippen LogP contribution in [0.4, 0.5) is 10.8 Å². The molecule has 2 aromatic carbocycles. The molecule has 0 atom stereocenters. The second-order valence-corrected chi connectivity index (χ2v) is 8.19. The number of nitriles is 1. The number of rotatable bonds is 8. The van der Waals surface area contributed by atoms with Crippen molar-refractivity contribution < 1.29 is 18.9 Å². The Morgan fingerprint density at radius 2 is 2.03 bits per heavy atom. The van der Waals surface area contributed by atoms with Crippen molar-refractivity contribution >= 4 is 34.1 Å². The number of methoxy groups -OCH3 is 1. The molecule has 0 saturated heterocycles. The first-order valence-corrected chi connectivity index (χ1v) is 11.0. The molecule has 0 radical (unpaired) electrons. The smallest absolute Gasteiger partial charge is 0.284 e. The van der Waals surface area contributed by atoms with Crippen molar-refractivity contribution in [3.63, 3.8) is 0 Å². The monoisotopic (exact) mass is 487 g/mol. The molecule has 4 rings (SSSR count). The maximum Gasteiger partial charge on any atom is 0.284 e. The molecule has 0 unspecified atom stereocenters. The van der Waals surface area contributed by atoms with Gasteiger partial charge < -0.3 is 9.15 Å². The van der Waals surface area contributed by atoms with Crippen LogP contribution in [-0.4, -0.2) is 28.1 Å². The zero-order chi connectivity index (χ0) is 24.8. The van der Waals surface area contributed by atoms with Crippen LogP contribution in [0.25, 0.3) is 17.4 Å². The first-order valence-electron chi connectivity index (χ1n) is 10.2. The second-order valence-electron chi connectivity index (χ2n) is 7.13. The second kappa shape index (κ2) is 10.4. The van der Waals surface area contributed by atoms with E-state index < -0.39 is 10.8 Å². The van der Waals surface area contributed by atoms with Gasteiger partial charge in [0.15, 0.2) is 0 Å². The first-order chi connectivity index (χ1) is 17.0. The summed E-state index contributed by atoms with van der Waals surface area (Å²) in [5, 5.41) is 32.5. The van der Waals surface area contributed by atoms with Crippen LogP contribution in [-0.2, 0) is 11.2 Å². The van der Waals surface area contributed by atoms with E-state index in [0.717, 1.165) is 5.56 Å². The summed E-state index contributed by atoms with van der Waals surface area (Å²) in [6.45, 7) is 0. The Balaban J connectivity index is 1.50. The summed E-state index contributed by atoms with van der Waals surface area (Å²) in [5.74, 6) is 0.0410. The highest BCUT2D eigenvalue weighted by atomic mass is 32.1.